The molecule has 30 heavy (non-hydrogen) atoms. The standard InChI is InChI=1S/C24H40O6/c1-12(4-7-19(27)28)14-5-6-15-20-16(11-18(26)24(14,15)3)23(2)9-8-13(25)10-17(23)21(29)22(20)30/h12-18,20-22,25-26,29-30H,4-11H2,1-3H3,(H,27,28)/t12-,13-,14-,15+,16+,17+,18+,20+,21-,22+,23-,24-/m1/s1. The van der Waals surface area contributed by atoms with Crippen molar-refractivity contribution >= 4 is 5.97 Å². The van der Waals surface area contributed by atoms with E-state index < -0.39 is 30.4 Å². The lowest BCUT2D eigenvalue weighted by molar-refractivity contribution is -0.243. The first-order valence-electron chi connectivity index (χ1n) is 12.0. The summed E-state index contributed by atoms with van der Waals surface area (Å²) in [4.78, 5) is 11.1. The van der Waals surface area contributed by atoms with E-state index in [1.807, 2.05) is 0 Å². The van der Waals surface area contributed by atoms with Gasteiger partial charge in [-0.15, -0.1) is 0 Å². The topological polar surface area (TPSA) is 118 Å². The molecule has 0 heterocycles. The molecular weight excluding hydrogens is 384 g/mol. The van der Waals surface area contributed by atoms with Gasteiger partial charge in [0.15, 0.2) is 0 Å². The van der Waals surface area contributed by atoms with Crippen LogP contribution in [0, 0.1) is 46.3 Å². The number of rotatable bonds is 4. The highest BCUT2D eigenvalue weighted by Gasteiger charge is 2.67. The third kappa shape index (κ3) is 3.16. The first kappa shape index (κ1) is 22.5. The van der Waals surface area contributed by atoms with E-state index in [-0.39, 0.29) is 52.8 Å². The van der Waals surface area contributed by atoms with Crippen molar-refractivity contribution < 1.29 is 30.3 Å². The van der Waals surface area contributed by atoms with Crippen molar-refractivity contribution in [3.63, 3.8) is 0 Å². The van der Waals surface area contributed by atoms with E-state index in [9.17, 15) is 25.2 Å². The predicted octanol–water partition coefficient (Wildman–Crippen LogP) is 2.42. The van der Waals surface area contributed by atoms with Crippen LogP contribution in [0.15, 0.2) is 0 Å². The maximum atomic E-state index is 11.5. The van der Waals surface area contributed by atoms with Gasteiger partial charge in [0.25, 0.3) is 0 Å². The smallest absolute Gasteiger partial charge is 0.303 e. The quantitative estimate of drug-likeness (QED) is 0.473. The minimum atomic E-state index is -0.839. The van der Waals surface area contributed by atoms with E-state index in [0.29, 0.717) is 25.7 Å². The lowest BCUT2D eigenvalue weighted by atomic mass is 9.42. The highest BCUT2D eigenvalue weighted by atomic mass is 16.4. The van der Waals surface area contributed by atoms with Crippen LogP contribution in [0.2, 0.25) is 0 Å². The van der Waals surface area contributed by atoms with Crippen molar-refractivity contribution in [2.24, 2.45) is 46.3 Å². The van der Waals surface area contributed by atoms with Crippen molar-refractivity contribution in [1.82, 2.24) is 0 Å². The number of fused-ring (bicyclic) bond motifs is 5. The number of carbonyl (C=O) groups is 1. The van der Waals surface area contributed by atoms with Gasteiger partial charge in [0.2, 0.25) is 0 Å². The zero-order chi connectivity index (χ0) is 22.0. The molecule has 172 valence electrons. The highest BCUT2D eigenvalue weighted by molar-refractivity contribution is 5.66. The Morgan fingerprint density at radius 3 is 2.33 bits per heavy atom. The van der Waals surface area contributed by atoms with E-state index in [1.165, 1.54) is 0 Å². The van der Waals surface area contributed by atoms with Crippen molar-refractivity contribution in [2.75, 3.05) is 0 Å². The average molecular weight is 425 g/mol. The van der Waals surface area contributed by atoms with Crippen molar-refractivity contribution in [3.05, 3.63) is 0 Å². The van der Waals surface area contributed by atoms with E-state index in [4.69, 9.17) is 5.11 Å². The summed E-state index contributed by atoms with van der Waals surface area (Å²) in [6, 6.07) is 0. The molecule has 4 saturated carbocycles. The Bertz CT molecular complexity index is 668. The molecule has 5 N–H and O–H groups in total. The maximum absolute atomic E-state index is 11.5. The number of hydrogen-bond acceptors (Lipinski definition) is 5. The molecule has 0 aliphatic heterocycles. The van der Waals surface area contributed by atoms with Crippen LogP contribution in [-0.4, -0.2) is 55.9 Å². The van der Waals surface area contributed by atoms with E-state index in [1.54, 1.807) is 0 Å². The molecule has 0 aromatic carbocycles. The Hall–Kier alpha value is -0.690. The van der Waals surface area contributed by atoms with E-state index in [2.05, 4.69) is 20.8 Å². The molecule has 0 unspecified atom stereocenters. The first-order chi connectivity index (χ1) is 14.0. The van der Waals surface area contributed by atoms with Crippen LogP contribution in [0.4, 0.5) is 0 Å². The zero-order valence-electron chi connectivity index (χ0n) is 18.6. The third-order valence-electron chi connectivity index (χ3n) is 10.4. The number of carboxylic acids is 1. The van der Waals surface area contributed by atoms with Crippen LogP contribution in [0.25, 0.3) is 0 Å². The van der Waals surface area contributed by atoms with Crippen molar-refractivity contribution in [2.45, 2.75) is 96.6 Å². The Morgan fingerprint density at radius 1 is 0.967 bits per heavy atom. The van der Waals surface area contributed by atoms with Crippen LogP contribution in [0.3, 0.4) is 0 Å². The summed E-state index contributed by atoms with van der Waals surface area (Å²) in [6.45, 7) is 6.45. The van der Waals surface area contributed by atoms with Crippen LogP contribution < -0.4 is 0 Å². The minimum Gasteiger partial charge on any atom is -0.481 e. The summed E-state index contributed by atoms with van der Waals surface area (Å²) in [5, 5.41) is 53.1. The summed E-state index contributed by atoms with van der Waals surface area (Å²) in [5.74, 6) is -0.299. The van der Waals surface area contributed by atoms with Crippen molar-refractivity contribution in [3.8, 4) is 0 Å². The number of carboxylic acid groups (broad SMARTS) is 1. The number of aliphatic hydroxyl groups is 4. The molecule has 0 saturated heterocycles. The fourth-order valence-electron chi connectivity index (χ4n) is 8.72. The first-order valence-corrected chi connectivity index (χ1v) is 12.0. The summed E-state index contributed by atoms with van der Waals surface area (Å²) in [5.41, 5.74) is -0.547. The summed E-state index contributed by atoms with van der Waals surface area (Å²) in [7, 11) is 0. The molecule has 0 radical (unpaired) electrons. The number of hydrogen-bond donors (Lipinski definition) is 5. The van der Waals surface area contributed by atoms with Gasteiger partial charge in [-0.25, -0.2) is 0 Å². The minimum absolute atomic E-state index is 0.0541. The molecule has 0 aromatic rings. The molecule has 0 bridgehead atoms. The fraction of sp³-hybridized carbons (Fsp3) is 0.958. The SMILES string of the molecule is C[C@H](CCC(=O)O)[C@H]1CC[C@H]2[C@@H]3[C@H](O)[C@H](O)[C@@H]4C[C@H](O)CC[C@]4(C)[C@H]3C[C@H](O)[C@]12C. The van der Waals surface area contributed by atoms with Gasteiger partial charge in [-0.3, -0.25) is 4.79 Å². The molecule has 6 heteroatoms. The summed E-state index contributed by atoms with van der Waals surface area (Å²) < 4.78 is 0. The number of aliphatic hydroxyl groups excluding tert-OH is 4. The Kier molecular flexibility index (Phi) is 5.79. The zero-order valence-corrected chi connectivity index (χ0v) is 18.6. The molecule has 4 aliphatic rings. The van der Waals surface area contributed by atoms with Gasteiger partial charge in [-0.05, 0) is 91.3 Å². The maximum Gasteiger partial charge on any atom is 0.303 e. The largest absolute Gasteiger partial charge is 0.481 e. The summed E-state index contributed by atoms with van der Waals surface area (Å²) in [6.07, 6.45) is 2.67. The van der Waals surface area contributed by atoms with Gasteiger partial charge in [0, 0.05) is 6.42 Å². The van der Waals surface area contributed by atoms with Crippen LogP contribution in [0.5, 0.6) is 0 Å². The molecule has 12 atom stereocenters. The third-order valence-corrected chi connectivity index (χ3v) is 10.4. The van der Waals surface area contributed by atoms with Crippen LogP contribution in [-0.2, 0) is 4.79 Å². The van der Waals surface area contributed by atoms with Gasteiger partial charge in [-0.1, -0.05) is 20.8 Å². The monoisotopic (exact) mass is 424 g/mol. The molecule has 0 amide bonds. The molecule has 0 spiro atoms. The molecular formula is C24H40O6. The molecule has 4 aliphatic carbocycles. The number of aliphatic carboxylic acids is 1. The molecule has 6 nitrogen and oxygen atoms in total. The van der Waals surface area contributed by atoms with Gasteiger partial charge in [0.05, 0.1) is 24.4 Å². The molecule has 4 fully saturated rings. The molecule has 0 aromatic heterocycles. The Balaban J connectivity index is 1.64. The fourth-order valence-corrected chi connectivity index (χ4v) is 8.72. The van der Waals surface area contributed by atoms with Gasteiger partial charge >= 0.3 is 5.97 Å². The predicted molar refractivity (Wildman–Crippen MR) is 111 cm³/mol. The average Bonchev–Trinajstić information content (AvgIpc) is 3.05. The Morgan fingerprint density at radius 2 is 1.67 bits per heavy atom. The molecule has 4 rings (SSSR count). The van der Waals surface area contributed by atoms with E-state index in [0.717, 1.165) is 19.3 Å². The lowest BCUT2D eigenvalue weighted by Gasteiger charge is -2.64. The Labute approximate surface area is 179 Å². The lowest BCUT2D eigenvalue weighted by Crippen LogP contribution is -2.66. The summed E-state index contributed by atoms with van der Waals surface area (Å²) >= 11 is 0. The van der Waals surface area contributed by atoms with Gasteiger partial charge < -0.3 is 25.5 Å². The van der Waals surface area contributed by atoms with E-state index >= 15 is 0 Å². The van der Waals surface area contributed by atoms with Gasteiger partial charge in [-0.2, -0.15) is 0 Å². The van der Waals surface area contributed by atoms with Gasteiger partial charge in [0.1, 0.15) is 0 Å². The van der Waals surface area contributed by atoms with Crippen molar-refractivity contribution in [1.29, 1.82) is 0 Å². The second-order valence-corrected chi connectivity index (χ2v) is 11.5. The second-order valence-electron chi connectivity index (χ2n) is 11.5. The highest BCUT2D eigenvalue weighted by Crippen LogP contribution is 2.68. The normalized spacial score (nSPS) is 54.0. The second kappa shape index (κ2) is 7.72. The van der Waals surface area contributed by atoms with Crippen LogP contribution in [0.1, 0.15) is 72.1 Å². The van der Waals surface area contributed by atoms with Crippen LogP contribution >= 0.6 is 0 Å².